The van der Waals surface area contributed by atoms with Gasteiger partial charge in [-0.05, 0) is 63.2 Å². The highest BCUT2D eigenvalue weighted by Gasteiger charge is 2.09. The minimum Gasteiger partial charge on any atom is -0.381 e. The van der Waals surface area contributed by atoms with Crippen molar-refractivity contribution in [1.82, 2.24) is 0 Å². The molecule has 27 heavy (non-hydrogen) atoms. The van der Waals surface area contributed by atoms with Gasteiger partial charge in [-0.2, -0.15) is 0 Å². The molecule has 2 aliphatic rings. The summed E-state index contributed by atoms with van der Waals surface area (Å²) in [6.45, 7) is 11.1. The number of rotatable bonds is 12. The van der Waals surface area contributed by atoms with E-state index in [1.165, 1.54) is 89.9 Å². The van der Waals surface area contributed by atoms with E-state index >= 15 is 0 Å². The number of allylic oxidation sites excluding steroid dienone is 4. The van der Waals surface area contributed by atoms with Crippen molar-refractivity contribution >= 4 is 0 Å². The summed E-state index contributed by atoms with van der Waals surface area (Å²) >= 11 is 0. The van der Waals surface area contributed by atoms with E-state index < -0.39 is 0 Å². The summed E-state index contributed by atoms with van der Waals surface area (Å²) in [4.78, 5) is 0. The van der Waals surface area contributed by atoms with Crippen LogP contribution >= 0.6 is 0 Å². The molecule has 0 heterocycles. The lowest BCUT2D eigenvalue weighted by Gasteiger charge is -2.18. The van der Waals surface area contributed by atoms with Gasteiger partial charge in [0.25, 0.3) is 0 Å². The highest BCUT2D eigenvalue weighted by Crippen LogP contribution is 2.16. The second-order valence-electron chi connectivity index (χ2n) is 8.18. The van der Waals surface area contributed by atoms with Gasteiger partial charge in [-0.1, -0.05) is 90.5 Å². The summed E-state index contributed by atoms with van der Waals surface area (Å²) in [6.07, 6.45) is 27.6. The Labute approximate surface area is 172 Å². The molecule has 160 valence electrons. The van der Waals surface area contributed by atoms with Crippen molar-refractivity contribution in [2.75, 3.05) is 13.2 Å². The predicted octanol–water partition coefficient (Wildman–Crippen LogP) is 8.89. The molecule has 0 aromatic heterocycles. The molecule has 0 saturated carbocycles. The van der Waals surface area contributed by atoms with E-state index in [2.05, 4.69) is 52.0 Å². The largest absolute Gasteiger partial charge is 0.381 e. The molecule has 0 aromatic carbocycles. The van der Waals surface area contributed by atoms with Crippen LogP contribution < -0.4 is 0 Å². The van der Waals surface area contributed by atoms with Crippen molar-refractivity contribution in [3.63, 3.8) is 0 Å². The van der Waals surface area contributed by atoms with E-state index in [-0.39, 0.29) is 0 Å². The fourth-order valence-corrected chi connectivity index (χ4v) is 3.38. The van der Waals surface area contributed by atoms with E-state index in [9.17, 15) is 0 Å². The standard InChI is InChI=1S/C16H34O.2C5H8/c1-5-9-11-15(7-3)13-17-14-16(8-4)12-10-6-2;2*1-2-4-5-3-1/h15-16H,5-14H2,1-4H3;2*1-2H,3-5H2. The Bertz CT molecular complexity index is 287. The number of unbranched alkanes of at least 4 members (excludes halogenated alkanes) is 2. The van der Waals surface area contributed by atoms with Crippen molar-refractivity contribution in [2.24, 2.45) is 11.8 Å². The Morgan fingerprint density at radius 2 is 1.00 bits per heavy atom. The van der Waals surface area contributed by atoms with Crippen molar-refractivity contribution < 1.29 is 4.74 Å². The van der Waals surface area contributed by atoms with Gasteiger partial charge in [0.05, 0.1) is 0 Å². The molecule has 1 nitrogen and oxygen atoms in total. The molecule has 0 radical (unpaired) electrons. The van der Waals surface area contributed by atoms with E-state index in [0.717, 1.165) is 25.0 Å². The smallest absolute Gasteiger partial charge is 0.0494 e. The summed E-state index contributed by atoms with van der Waals surface area (Å²) in [6, 6.07) is 0. The molecule has 0 fully saturated rings. The fraction of sp³-hybridized carbons (Fsp3) is 0.846. The maximum absolute atomic E-state index is 5.93. The molecular weight excluding hydrogens is 328 g/mol. The third-order valence-corrected chi connectivity index (χ3v) is 5.61. The second kappa shape index (κ2) is 21.7. The highest BCUT2D eigenvalue weighted by atomic mass is 16.5. The molecule has 0 amide bonds. The lowest BCUT2D eigenvalue weighted by Crippen LogP contribution is -2.14. The second-order valence-corrected chi connectivity index (χ2v) is 8.18. The summed E-state index contributed by atoms with van der Waals surface area (Å²) in [5.41, 5.74) is 0. The van der Waals surface area contributed by atoms with Crippen molar-refractivity contribution in [3.05, 3.63) is 24.3 Å². The highest BCUT2D eigenvalue weighted by molar-refractivity contribution is 4.88. The zero-order valence-electron chi connectivity index (χ0n) is 19.2. The summed E-state index contributed by atoms with van der Waals surface area (Å²) in [5.74, 6) is 1.58. The van der Waals surface area contributed by atoms with Gasteiger partial charge >= 0.3 is 0 Å². The van der Waals surface area contributed by atoms with Gasteiger partial charge in [-0.25, -0.2) is 0 Å². The molecule has 0 bridgehead atoms. The quantitative estimate of drug-likeness (QED) is 0.308. The maximum Gasteiger partial charge on any atom is 0.0494 e. The minimum absolute atomic E-state index is 0.790. The average Bonchev–Trinajstić information content (AvgIpc) is 3.45. The van der Waals surface area contributed by atoms with Crippen LogP contribution in [0.5, 0.6) is 0 Å². The van der Waals surface area contributed by atoms with E-state index in [4.69, 9.17) is 4.74 Å². The normalized spacial score (nSPS) is 17.0. The zero-order valence-corrected chi connectivity index (χ0v) is 19.2. The molecule has 0 aliphatic heterocycles. The number of ether oxygens (including phenoxy) is 1. The van der Waals surface area contributed by atoms with Crippen LogP contribution in [0.25, 0.3) is 0 Å². The van der Waals surface area contributed by atoms with Crippen molar-refractivity contribution in [3.8, 4) is 0 Å². The van der Waals surface area contributed by atoms with Crippen molar-refractivity contribution in [2.45, 2.75) is 118 Å². The number of hydrogen-bond acceptors (Lipinski definition) is 1. The molecule has 1 heteroatoms. The van der Waals surface area contributed by atoms with Crippen LogP contribution in [-0.2, 0) is 4.74 Å². The number of hydrogen-bond donors (Lipinski definition) is 0. The molecule has 0 aromatic rings. The van der Waals surface area contributed by atoms with Crippen molar-refractivity contribution in [1.29, 1.82) is 0 Å². The summed E-state index contributed by atoms with van der Waals surface area (Å²) < 4.78 is 5.93. The molecule has 2 rings (SSSR count). The minimum atomic E-state index is 0.790. The Morgan fingerprint density at radius 3 is 1.22 bits per heavy atom. The van der Waals surface area contributed by atoms with Gasteiger partial charge in [-0.15, -0.1) is 0 Å². The maximum atomic E-state index is 5.93. The van der Waals surface area contributed by atoms with Crippen LogP contribution in [0.4, 0.5) is 0 Å². The van der Waals surface area contributed by atoms with Gasteiger partial charge in [0.15, 0.2) is 0 Å². The Kier molecular flexibility index (Phi) is 21.3. The van der Waals surface area contributed by atoms with Gasteiger partial charge in [-0.3, -0.25) is 0 Å². The molecule has 0 spiro atoms. The molecule has 0 N–H and O–H groups in total. The molecular formula is C26H50O. The Morgan fingerprint density at radius 1 is 0.630 bits per heavy atom. The van der Waals surface area contributed by atoms with Crippen LogP contribution in [0, 0.1) is 11.8 Å². The van der Waals surface area contributed by atoms with E-state index in [1.807, 2.05) is 0 Å². The third kappa shape index (κ3) is 18.6. The zero-order chi connectivity index (χ0) is 20.0. The first kappa shape index (κ1) is 26.4. The van der Waals surface area contributed by atoms with Crippen LogP contribution in [-0.4, -0.2) is 13.2 Å². The van der Waals surface area contributed by atoms with E-state index in [0.29, 0.717) is 0 Å². The third-order valence-electron chi connectivity index (χ3n) is 5.61. The van der Waals surface area contributed by atoms with Gasteiger partial charge < -0.3 is 4.74 Å². The Hall–Kier alpha value is -0.560. The van der Waals surface area contributed by atoms with Crippen LogP contribution in [0.1, 0.15) is 118 Å². The van der Waals surface area contributed by atoms with Gasteiger partial charge in [0, 0.05) is 13.2 Å². The van der Waals surface area contributed by atoms with Crippen LogP contribution in [0.3, 0.4) is 0 Å². The Balaban J connectivity index is 0.000000534. The van der Waals surface area contributed by atoms with Gasteiger partial charge in [0.2, 0.25) is 0 Å². The molecule has 2 aliphatic carbocycles. The van der Waals surface area contributed by atoms with Crippen LogP contribution in [0.2, 0.25) is 0 Å². The van der Waals surface area contributed by atoms with Gasteiger partial charge in [0.1, 0.15) is 0 Å². The summed E-state index contributed by atoms with van der Waals surface area (Å²) in [5, 5.41) is 0. The monoisotopic (exact) mass is 378 g/mol. The SMILES string of the molecule is C1=CCCC1.C1=CCCC1.CCCCC(CC)COCC(CC)CCCC. The first-order chi connectivity index (χ1) is 13.3. The van der Waals surface area contributed by atoms with Crippen LogP contribution in [0.15, 0.2) is 24.3 Å². The lowest BCUT2D eigenvalue weighted by atomic mass is 9.99. The molecule has 0 saturated heterocycles. The molecule has 2 unspecified atom stereocenters. The summed E-state index contributed by atoms with van der Waals surface area (Å²) in [7, 11) is 0. The molecule has 2 atom stereocenters. The first-order valence-corrected chi connectivity index (χ1v) is 12.2. The predicted molar refractivity (Wildman–Crippen MR) is 123 cm³/mol. The fourth-order valence-electron chi connectivity index (χ4n) is 3.38. The van der Waals surface area contributed by atoms with E-state index in [1.54, 1.807) is 0 Å². The topological polar surface area (TPSA) is 9.23 Å². The lowest BCUT2D eigenvalue weighted by molar-refractivity contribution is 0.0630. The first-order valence-electron chi connectivity index (χ1n) is 12.2. The average molecular weight is 379 g/mol.